The van der Waals surface area contributed by atoms with Gasteiger partial charge in [-0.15, -0.1) is 0 Å². The van der Waals surface area contributed by atoms with Gasteiger partial charge < -0.3 is 10.0 Å². The highest BCUT2D eigenvalue weighted by Crippen LogP contribution is 2.19. The summed E-state index contributed by atoms with van der Waals surface area (Å²) in [7, 11) is 0. The molecule has 1 aliphatic rings. The normalized spacial score (nSPS) is 35.1. The molecular weight excluding hydrogens is 118 g/mol. The summed E-state index contributed by atoms with van der Waals surface area (Å²) in [6.45, 7) is 2.64. The van der Waals surface area contributed by atoms with Gasteiger partial charge in [0, 0.05) is 12.5 Å². The zero-order valence-corrected chi connectivity index (χ0v) is 5.45. The monoisotopic (exact) mass is 129 g/mol. The summed E-state index contributed by atoms with van der Waals surface area (Å²) in [4.78, 5) is 11.6. The molecule has 9 heavy (non-hydrogen) atoms. The Bertz CT molecular complexity index is 116. The molecule has 0 aromatic heterocycles. The first kappa shape index (κ1) is 6.55. The van der Waals surface area contributed by atoms with Crippen LogP contribution < -0.4 is 0 Å². The van der Waals surface area contributed by atoms with Gasteiger partial charge in [0.25, 0.3) is 0 Å². The molecule has 0 saturated carbocycles. The van der Waals surface area contributed by atoms with E-state index in [1.54, 1.807) is 0 Å². The highest BCUT2D eigenvalue weighted by Gasteiger charge is 2.27. The summed E-state index contributed by atoms with van der Waals surface area (Å²) in [6, 6.07) is 0. The number of hydrogen-bond acceptors (Lipinski definition) is 2. The van der Waals surface area contributed by atoms with E-state index in [2.05, 4.69) is 0 Å². The molecule has 1 aliphatic heterocycles. The molecule has 2 unspecified atom stereocenters. The topological polar surface area (TPSA) is 40.5 Å². The summed E-state index contributed by atoms with van der Waals surface area (Å²) in [5.41, 5.74) is 0. The van der Waals surface area contributed by atoms with Crippen LogP contribution in [0, 0.1) is 5.92 Å². The maximum absolute atomic E-state index is 10.1. The van der Waals surface area contributed by atoms with E-state index in [9.17, 15) is 4.79 Å². The van der Waals surface area contributed by atoms with E-state index in [1.165, 1.54) is 4.90 Å². The van der Waals surface area contributed by atoms with Gasteiger partial charge in [0.1, 0.15) is 6.23 Å². The Kier molecular flexibility index (Phi) is 1.71. The Morgan fingerprint density at radius 3 is 2.67 bits per heavy atom. The summed E-state index contributed by atoms with van der Waals surface area (Å²) >= 11 is 0. The minimum absolute atomic E-state index is 0.246. The fourth-order valence-corrected chi connectivity index (χ4v) is 1.08. The quantitative estimate of drug-likeness (QED) is 0.498. The Morgan fingerprint density at radius 1 is 1.78 bits per heavy atom. The second kappa shape index (κ2) is 2.35. The van der Waals surface area contributed by atoms with Crippen LogP contribution in [0.5, 0.6) is 0 Å². The fourth-order valence-electron chi connectivity index (χ4n) is 1.08. The first-order valence-electron chi connectivity index (χ1n) is 3.15. The minimum atomic E-state index is -0.539. The van der Waals surface area contributed by atoms with Crippen LogP contribution in [-0.4, -0.2) is 29.2 Å². The van der Waals surface area contributed by atoms with Crippen LogP contribution in [0.3, 0.4) is 0 Å². The lowest BCUT2D eigenvalue weighted by Crippen LogP contribution is -2.30. The van der Waals surface area contributed by atoms with Crippen molar-refractivity contribution < 1.29 is 9.90 Å². The average Bonchev–Trinajstić information content (AvgIpc) is 2.15. The van der Waals surface area contributed by atoms with Crippen LogP contribution in [0.4, 0.5) is 0 Å². The number of likely N-dealkylation sites (tertiary alicyclic amines) is 1. The molecule has 1 saturated heterocycles. The third-order valence-corrected chi connectivity index (χ3v) is 1.83. The van der Waals surface area contributed by atoms with E-state index >= 15 is 0 Å². The number of amides is 1. The van der Waals surface area contributed by atoms with Crippen molar-refractivity contribution in [2.24, 2.45) is 5.92 Å². The van der Waals surface area contributed by atoms with Crippen LogP contribution in [0.1, 0.15) is 13.3 Å². The molecule has 0 aromatic rings. The number of nitrogens with zero attached hydrogens (tertiary/aromatic N) is 1. The molecule has 2 atom stereocenters. The van der Waals surface area contributed by atoms with Crippen molar-refractivity contribution in [3.8, 4) is 0 Å². The Labute approximate surface area is 54.3 Å². The second-order valence-electron chi connectivity index (χ2n) is 2.52. The van der Waals surface area contributed by atoms with Crippen molar-refractivity contribution >= 4 is 6.41 Å². The molecule has 0 radical (unpaired) electrons. The third kappa shape index (κ3) is 1.05. The summed E-state index contributed by atoms with van der Waals surface area (Å²) < 4.78 is 0. The lowest BCUT2D eigenvalue weighted by molar-refractivity contribution is -0.125. The molecule has 1 N–H and O–H groups in total. The molecule has 3 nitrogen and oxygen atoms in total. The van der Waals surface area contributed by atoms with E-state index in [0.29, 0.717) is 13.0 Å². The molecule has 0 aliphatic carbocycles. The maximum atomic E-state index is 10.1. The Morgan fingerprint density at radius 2 is 2.44 bits per heavy atom. The van der Waals surface area contributed by atoms with Crippen LogP contribution in [0.2, 0.25) is 0 Å². The molecule has 1 amide bonds. The van der Waals surface area contributed by atoms with Gasteiger partial charge in [-0.2, -0.15) is 0 Å². The van der Waals surface area contributed by atoms with E-state index in [4.69, 9.17) is 5.11 Å². The van der Waals surface area contributed by atoms with Gasteiger partial charge in [-0.1, -0.05) is 6.92 Å². The van der Waals surface area contributed by atoms with Crippen molar-refractivity contribution in [2.75, 3.05) is 6.54 Å². The smallest absolute Gasteiger partial charge is 0.211 e. The van der Waals surface area contributed by atoms with Gasteiger partial charge >= 0.3 is 0 Å². The van der Waals surface area contributed by atoms with Crippen molar-refractivity contribution in [3.63, 3.8) is 0 Å². The number of aliphatic hydroxyl groups is 1. The van der Waals surface area contributed by atoms with E-state index < -0.39 is 6.23 Å². The van der Waals surface area contributed by atoms with E-state index in [-0.39, 0.29) is 5.92 Å². The summed E-state index contributed by atoms with van der Waals surface area (Å²) in [5, 5.41) is 9.15. The standard InChI is InChI=1S/C6H11NO2/c1-5-2-3-7(4-8)6(5)9/h4-6,9H,2-3H2,1H3. The zero-order valence-electron chi connectivity index (χ0n) is 5.45. The molecule has 52 valence electrons. The molecule has 3 heteroatoms. The Hall–Kier alpha value is -0.570. The summed E-state index contributed by atoms with van der Waals surface area (Å²) in [6.07, 6.45) is 1.08. The lowest BCUT2D eigenvalue weighted by atomic mass is 10.1. The van der Waals surface area contributed by atoms with Gasteiger partial charge in [0.2, 0.25) is 6.41 Å². The van der Waals surface area contributed by atoms with Crippen LogP contribution in [0.15, 0.2) is 0 Å². The molecule has 0 bridgehead atoms. The van der Waals surface area contributed by atoms with E-state index in [0.717, 1.165) is 6.42 Å². The molecule has 0 aromatic carbocycles. The lowest BCUT2D eigenvalue weighted by Gasteiger charge is -2.15. The molecule has 1 fully saturated rings. The average molecular weight is 129 g/mol. The van der Waals surface area contributed by atoms with Gasteiger partial charge in [-0.05, 0) is 6.42 Å². The van der Waals surface area contributed by atoms with Gasteiger partial charge in [-0.25, -0.2) is 0 Å². The molecule has 1 rings (SSSR count). The zero-order chi connectivity index (χ0) is 6.85. The largest absolute Gasteiger partial charge is 0.373 e. The number of carbonyl (C=O) groups excluding carboxylic acids is 1. The van der Waals surface area contributed by atoms with Gasteiger partial charge in [0.05, 0.1) is 0 Å². The predicted molar refractivity (Wildman–Crippen MR) is 32.6 cm³/mol. The second-order valence-corrected chi connectivity index (χ2v) is 2.52. The number of carbonyl (C=O) groups is 1. The van der Waals surface area contributed by atoms with Crippen molar-refractivity contribution in [3.05, 3.63) is 0 Å². The first-order chi connectivity index (χ1) is 4.25. The number of rotatable bonds is 1. The highest BCUT2D eigenvalue weighted by atomic mass is 16.3. The number of aliphatic hydroxyl groups excluding tert-OH is 1. The minimum Gasteiger partial charge on any atom is -0.373 e. The maximum Gasteiger partial charge on any atom is 0.211 e. The van der Waals surface area contributed by atoms with Crippen molar-refractivity contribution in [1.29, 1.82) is 0 Å². The van der Waals surface area contributed by atoms with Gasteiger partial charge in [0.15, 0.2) is 0 Å². The van der Waals surface area contributed by atoms with Crippen molar-refractivity contribution in [1.82, 2.24) is 4.90 Å². The number of hydrogen-bond donors (Lipinski definition) is 1. The Balaban J connectivity index is 2.50. The molecular formula is C6H11NO2. The third-order valence-electron chi connectivity index (χ3n) is 1.83. The highest BCUT2D eigenvalue weighted by molar-refractivity contribution is 5.47. The SMILES string of the molecule is CC1CCN(C=O)C1O. The molecule has 0 spiro atoms. The summed E-state index contributed by atoms with van der Waals surface area (Å²) in [5.74, 6) is 0.246. The van der Waals surface area contributed by atoms with E-state index in [1.807, 2.05) is 6.92 Å². The fraction of sp³-hybridized carbons (Fsp3) is 0.833. The van der Waals surface area contributed by atoms with Crippen LogP contribution >= 0.6 is 0 Å². The van der Waals surface area contributed by atoms with Crippen molar-refractivity contribution in [2.45, 2.75) is 19.6 Å². The predicted octanol–water partition coefficient (Wildman–Crippen LogP) is -0.197. The first-order valence-corrected chi connectivity index (χ1v) is 3.15. The molecule has 1 heterocycles. The van der Waals surface area contributed by atoms with Gasteiger partial charge in [-0.3, -0.25) is 4.79 Å². The van der Waals surface area contributed by atoms with Crippen LogP contribution in [0.25, 0.3) is 0 Å². The van der Waals surface area contributed by atoms with Crippen LogP contribution in [-0.2, 0) is 4.79 Å².